The number of rotatable bonds is 2. The van der Waals surface area contributed by atoms with E-state index in [2.05, 4.69) is 4.98 Å². The number of aliphatic hydroxyl groups is 1. The highest BCUT2D eigenvalue weighted by molar-refractivity contribution is 5.95. The van der Waals surface area contributed by atoms with Gasteiger partial charge in [0.05, 0.1) is 6.10 Å². The minimum Gasteiger partial charge on any atom is -0.480 e. The van der Waals surface area contributed by atoms with Crippen LogP contribution in [0.2, 0.25) is 0 Å². The molecule has 1 unspecified atom stereocenters. The highest BCUT2D eigenvalue weighted by Gasteiger charge is 2.39. The molecule has 1 aromatic heterocycles. The summed E-state index contributed by atoms with van der Waals surface area (Å²) < 4.78 is 0. The summed E-state index contributed by atoms with van der Waals surface area (Å²) in [6, 6.07) is 3.87. The van der Waals surface area contributed by atoms with Crippen molar-refractivity contribution >= 4 is 11.9 Å². The van der Waals surface area contributed by atoms with Gasteiger partial charge in [-0.3, -0.25) is 9.78 Å². The van der Waals surface area contributed by atoms with Crippen molar-refractivity contribution in [3.63, 3.8) is 0 Å². The van der Waals surface area contributed by atoms with Gasteiger partial charge in [0.2, 0.25) is 0 Å². The number of hydrogen-bond acceptors (Lipinski definition) is 4. The molecule has 1 aliphatic rings. The summed E-state index contributed by atoms with van der Waals surface area (Å²) in [7, 11) is 0. The van der Waals surface area contributed by atoms with Crippen LogP contribution in [-0.4, -0.2) is 50.7 Å². The van der Waals surface area contributed by atoms with Crippen molar-refractivity contribution < 1.29 is 19.8 Å². The number of aliphatic carboxylic acids is 1. The van der Waals surface area contributed by atoms with Crippen LogP contribution in [-0.2, 0) is 4.79 Å². The zero-order valence-corrected chi connectivity index (χ0v) is 8.98. The molecule has 0 radical (unpaired) electrons. The lowest BCUT2D eigenvalue weighted by Gasteiger charge is -2.20. The maximum atomic E-state index is 12.0. The number of carboxylic acid groups (broad SMARTS) is 1. The number of aliphatic hydroxyl groups excluding tert-OH is 1. The molecule has 0 saturated carbocycles. The Morgan fingerprint density at radius 3 is 2.76 bits per heavy atom. The third-order valence-corrected chi connectivity index (χ3v) is 2.71. The molecule has 2 N–H and O–H groups in total. The topological polar surface area (TPSA) is 90.7 Å². The minimum absolute atomic E-state index is 0.0341. The van der Waals surface area contributed by atoms with Gasteiger partial charge in [0.1, 0.15) is 11.7 Å². The third-order valence-electron chi connectivity index (χ3n) is 2.71. The first-order valence-electron chi connectivity index (χ1n) is 5.22. The molecule has 90 valence electrons. The van der Waals surface area contributed by atoms with E-state index in [4.69, 9.17) is 5.11 Å². The molecule has 2 atom stereocenters. The Kier molecular flexibility index (Phi) is 3.06. The molecule has 0 aliphatic carbocycles. The van der Waals surface area contributed by atoms with Crippen molar-refractivity contribution in [2.24, 2.45) is 0 Å². The second-order valence-electron chi connectivity index (χ2n) is 3.92. The number of hydrogen-bond donors (Lipinski definition) is 2. The Morgan fingerprint density at radius 1 is 1.41 bits per heavy atom. The number of carbonyl (C=O) groups is 2. The lowest BCUT2D eigenvalue weighted by atomic mass is 10.2. The van der Waals surface area contributed by atoms with Crippen molar-refractivity contribution in [2.75, 3.05) is 6.54 Å². The van der Waals surface area contributed by atoms with E-state index < -0.39 is 24.0 Å². The van der Waals surface area contributed by atoms with Crippen LogP contribution in [0, 0.1) is 0 Å². The number of amides is 1. The lowest BCUT2D eigenvalue weighted by molar-refractivity contribution is -0.141. The maximum absolute atomic E-state index is 12.0. The molecule has 1 aromatic rings. The molecule has 0 spiro atoms. The first kappa shape index (κ1) is 11.5. The zero-order chi connectivity index (χ0) is 12.4. The molecule has 1 fully saturated rings. The highest BCUT2D eigenvalue weighted by Crippen LogP contribution is 2.20. The van der Waals surface area contributed by atoms with E-state index in [1.54, 1.807) is 12.1 Å². The molecule has 1 amide bonds. The first-order chi connectivity index (χ1) is 8.09. The van der Waals surface area contributed by atoms with Gasteiger partial charge in [-0.1, -0.05) is 6.07 Å². The van der Waals surface area contributed by atoms with Crippen molar-refractivity contribution in [1.29, 1.82) is 0 Å². The van der Waals surface area contributed by atoms with Gasteiger partial charge in [-0.2, -0.15) is 0 Å². The fraction of sp³-hybridized carbons (Fsp3) is 0.364. The molecular weight excluding hydrogens is 224 g/mol. The fourth-order valence-electron chi connectivity index (χ4n) is 1.91. The summed E-state index contributed by atoms with van der Waals surface area (Å²) in [5.41, 5.74) is 0.188. The maximum Gasteiger partial charge on any atom is 0.326 e. The second kappa shape index (κ2) is 4.50. The summed E-state index contributed by atoms with van der Waals surface area (Å²) in [5, 5.41) is 18.4. The van der Waals surface area contributed by atoms with Crippen molar-refractivity contribution in [3.8, 4) is 0 Å². The van der Waals surface area contributed by atoms with E-state index in [9.17, 15) is 14.7 Å². The number of aromatic nitrogens is 1. The summed E-state index contributed by atoms with van der Waals surface area (Å²) >= 11 is 0. The fourth-order valence-corrected chi connectivity index (χ4v) is 1.91. The smallest absolute Gasteiger partial charge is 0.326 e. The summed E-state index contributed by atoms with van der Waals surface area (Å²) in [6.07, 6.45) is 0.743. The van der Waals surface area contributed by atoms with Crippen molar-refractivity contribution in [3.05, 3.63) is 30.1 Å². The van der Waals surface area contributed by atoms with Gasteiger partial charge in [0.15, 0.2) is 0 Å². The van der Waals surface area contributed by atoms with Gasteiger partial charge in [0.25, 0.3) is 5.91 Å². The van der Waals surface area contributed by atoms with E-state index in [1.807, 2.05) is 0 Å². The van der Waals surface area contributed by atoms with Crippen LogP contribution in [0.15, 0.2) is 24.4 Å². The minimum atomic E-state index is -1.11. The predicted octanol–water partition coefficient (Wildman–Crippen LogP) is -0.258. The summed E-state index contributed by atoms with van der Waals surface area (Å²) in [6.45, 7) is 0.0341. The number of nitrogens with zero attached hydrogens (tertiary/aromatic N) is 2. The number of likely N-dealkylation sites (tertiary alicyclic amines) is 1. The van der Waals surface area contributed by atoms with Gasteiger partial charge in [-0.15, -0.1) is 0 Å². The van der Waals surface area contributed by atoms with Gasteiger partial charge in [-0.05, 0) is 12.1 Å². The van der Waals surface area contributed by atoms with Crippen LogP contribution in [0.5, 0.6) is 0 Å². The zero-order valence-electron chi connectivity index (χ0n) is 8.98. The van der Waals surface area contributed by atoms with Gasteiger partial charge in [-0.25, -0.2) is 4.79 Å². The van der Waals surface area contributed by atoms with E-state index >= 15 is 0 Å². The van der Waals surface area contributed by atoms with E-state index in [0.29, 0.717) is 0 Å². The molecule has 2 heterocycles. The van der Waals surface area contributed by atoms with Crippen LogP contribution in [0.1, 0.15) is 16.9 Å². The molecule has 1 saturated heterocycles. The number of pyridine rings is 1. The van der Waals surface area contributed by atoms with E-state index in [1.165, 1.54) is 12.3 Å². The second-order valence-corrected chi connectivity index (χ2v) is 3.92. The summed E-state index contributed by atoms with van der Waals surface area (Å²) in [5.74, 6) is -1.57. The Balaban J connectivity index is 2.22. The standard InChI is InChI=1S/C11H12N2O4/c14-7-5-9(11(16)17)13(6-7)10(15)8-3-1-2-4-12-8/h1-4,7,9,14H,5-6H2,(H,16,17)/t7?,9-/m0/s1. The molecule has 0 bridgehead atoms. The normalized spacial score (nSPS) is 23.7. The summed E-state index contributed by atoms with van der Waals surface area (Å²) in [4.78, 5) is 28.0. The molecule has 6 nitrogen and oxygen atoms in total. The van der Waals surface area contributed by atoms with Crippen molar-refractivity contribution in [2.45, 2.75) is 18.6 Å². The average molecular weight is 236 g/mol. The number of carboxylic acids is 1. The largest absolute Gasteiger partial charge is 0.480 e. The van der Waals surface area contributed by atoms with Crippen LogP contribution in [0.3, 0.4) is 0 Å². The third kappa shape index (κ3) is 2.26. The number of β-amino-alcohol motifs (C(OH)–C–C–N with tert-alkyl or cyclic N) is 1. The molecule has 1 aliphatic heterocycles. The van der Waals surface area contributed by atoms with Crippen LogP contribution < -0.4 is 0 Å². The quantitative estimate of drug-likeness (QED) is 0.738. The van der Waals surface area contributed by atoms with Gasteiger partial charge >= 0.3 is 5.97 Å². The lowest BCUT2D eigenvalue weighted by Crippen LogP contribution is -2.40. The number of carbonyl (C=O) groups excluding carboxylic acids is 1. The monoisotopic (exact) mass is 236 g/mol. The van der Waals surface area contributed by atoms with Gasteiger partial charge < -0.3 is 15.1 Å². The van der Waals surface area contributed by atoms with Crippen LogP contribution in [0.4, 0.5) is 0 Å². The molecule has 2 rings (SSSR count). The van der Waals surface area contributed by atoms with E-state index in [-0.39, 0.29) is 18.7 Å². The van der Waals surface area contributed by atoms with E-state index in [0.717, 1.165) is 4.90 Å². The Hall–Kier alpha value is -1.95. The molecular formula is C11H12N2O4. The molecule has 0 aromatic carbocycles. The average Bonchev–Trinajstić information content (AvgIpc) is 2.72. The Bertz CT molecular complexity index is 434. The first-order valence-corrected chi connectivity index (χ1v) is 5.22. The SMILES string of the molecule is O=C(O)[C@@H]1CC(O)CN1C(=O)c1ccccn1. The van der Waals surface area contributed by atoms with Crippen molar-refractivity contribution in [1.82, 2.24) is 9.88 Å². The van der Waals surface area contributed by atoms with Crippen LogP contribution >= 0.6 is 0 Å². The van der Waals surface area contributed by atoms with Gasteiger partial charge in [0, 0.05) is 19.2 Å². The molecule has 17 heavy (non-hydrogen) atoms. The highest BCUT2D eigenvalue weighted by atomic mass is 16.4. The molecule has 6 heteroatoms. The Morgan fingerprint density at radius 2 is 2.18 bits per heavy atom. The predicted molar refractivity (Wildman–Crippen MR) is 57.3 cm³/mol. The van der Waals surface area contributed by atoms with Crippen LogP contribution in [0.25, 0.3) is 0 Å². The Labute approximate surface area is 97.5 Å².